The summed E-state index contributed by atoms with van der Waals surface area (Å²) in [4.78, 5) is 4.29. The topological polar surface area (TPSA) is 68.9 Å². The molecule has 0 fully saturated rings. The highest BCUT2D eigenvalue weighted by Gasteiger charge is 2.03. The summed E-state index contributed by atoms with van der Waals surface area (Å²) in [6, 6.07) is 13.7. The van der Waals surface area contributed by atoms with Crippen molar-refractivity contribution in [3.8, 4) is 11.5 Å². The summed E-state index contributed by atoms with van der Waals surface area (Å²) in [6.45, 7) is 9.04. The maximum absolute atomic E-state index is 5.92. The van der Waals surface area contributed by atoms with Gasteiger partial charge in [-0.3, -0.25) is 0 Å². The Balaban J connectivity index is 0.00000338. The number of aliphatic imine (C=N–C) groups is 1. The van der Waals surface area contributed by atoms with Crippen molar-refractivity contribution < 1.29 is 9.47 Å². The van der Waals surface area contributed by atoms with E-state index < -0.39 is 0 Å². The fourth-order valence-electron chi connectivity index (χ4n) is 2.42. The van der Waals surface area contributed by atoms with Crippen LogP contribution in [-0.4, -0.2) is 25.2 Å². The minimum Gasteiger partial charge on any atom is -0.491 e. The highest BCUT2D eigenvalue weighted by Crippen LogP contribution is 2.22. The third kappa shape index (κ3) is 7.11. The van der Waals surface area contributed by atoms with Crippen LogP contribution >= 0.6 is 24.0 Å². The number of nitrogens with two attached hydrogens (primary N) is 1. The number of ether oxygens (including phenoxy) is 2. The van der Waals surface area contributed by atoms with Gasteiger partial charge in [0, 0.05) is 5.69 Å². The number of nitrogens with one attached hydrogen (secondary N) is 1. The van der Waals surface area contributed by atoms with Crippen LogP contribution in [0.1, 0.15) is 25.0 Å². The third-order valence-corrected chi connectivity index (χ3v) is 3.53. The van der Waals surface area contributed by atoms with E-state index in [2.05, 4.69) is 10.3 Å². The predicted octanol–water partition coefficient (Wildman–Crippen LogP) is 4.51. The van der Waals surface area contributed by atoms with Crippen molar-refractivity contribution in [3.05, 3.63) is 53.6 Å². The van der Waals surface area contributed by atoms with Crippen molar-refractivity contribution in [2.24, 2.45) is 10.7 Å². The van der Waals surface area contributed by atoms with Crippen LogP contribution in [0.3, 0.4) is 0 Å². The molecule has 0 saturated heterocycles. The van der Waals surface area contributed by atoms with Crippen LogP contribution < -0.4 is 20.5 Å². The molecule has 0 radical (unpaired) electrons. The summed E-state index contributed by atoms with van der Waals surface area (Å²) in [5, 5.41) is 3.06. The molecule has 0 saturated carbocycles. The van der Waals surface area contributed by atoms with Gasteiger partial charge in [-0.05, 0) is 63.1 Å². The smallest absolute Gasteiger partial charge is 0.193 e. The number of aryl methyl sites for hydroxylation is 2. The summed E-state index contributed by atoms with van der Waals surface area (Å²) in [7, 11) is 0. The largest absolute Gasteiger partial charge is 0.491 e. The molecular weight excluding hydrogens is 441 g/mol. The average Bonchev–Trinajstić information content (AvgIpc) is 2.55. The van der Waals surface area contributed by atoms with E-state index in [4.69, 9.17) is 15.2 Å². The van der Waals surface area contributed by atoms with Gasteiger partial charge in [0.25, 0.3) is 0 Å². The second-order valence-electron chi connectivity index (χ2n) is 6.15. The molecule has 142 valence electrons. The molecule has 0 unspecified atom stereocenters. The lowest BCUT2D eigenvalue weighted by molar-refractivity contribution is 0.242. The number of para-hydroxylation sites is 1. The summed E-state index contributed by atoms with van der Waals surface area (Å²) >= 11 is 0. The van der Waals surface area contributed by atoms with Crippen LogP contribution in [-0.2, 0) is 0 Å². The summed E-state index contributed by atoms with van der Waals surface area (Å²) in [5.41, 5.74) is 9.03. The van der Waals surface area contributed by atoms with Gasteiger partial charge in [0.05, 0.1) is 12.6 Å². The first-order valence-corrected chi connectivity index (χ1v) is 8.48. The number of nitrogens with zero attached hydrogens (tertiary/aromatic N) is 1. The van der Waals surface area contributed by atoms with E-state index in [1.165, 1.54) is 0 Å². The van der Waals surface area contributed by atoms with Gasteiger partial charge < -0.3 is 20.5 Å². The average molecular weight is 469 g/mol. The minimum atomic E-state index is 0. The second kappa shape index (κ2) is 10.9. The first-order valence-electron chi connectivity index (χ1n) is 8.48. The molecule has 2 aromatic carbocycles. The Morgan fingerprint density at radius 1 is 1.08 bits per heavy atom. The van der Waals surface area contributed by atoms with E-state index >= 15 is 0 Å². The molecule has 6 heteroatoms. The Kier molecular flexibility index (Phi) is 9.26. The number of hydrogen-bond donors (Lipinski definition) is 2. The normalized spacial score (nSPS) is 11.0. The molecule has 26 heavy (non-hydrogen) atoms. The van der Waals surface area contributed by atoms with Gasteiger partial charge in [-0.1, -0.05) is 18.2 Å². The highest BCUT2D eigenvalue weighted by molar-refractivity contribution is 14.0. The zero-order chi connectivity index (χ0) is 18.2. The molecule has 0 bridgehead atoms. The molecular formula is C20H28IN3O2. The van der Waals surface area contributed by atoms with Crippen molar-refractivity contribution in [1.29, 1.82) is 0 Å². The van der Waals surface area contributed by atoms with Crippen molar-refractivity contribution in [3.63, 3.8) is 0 Å². The highest BCUT2D eigenvalue weighted by atomic mass is 127. The molecule has 5 nitrogen and oxygen atoms in total. The van der Waals surface area contributed by atoms with E-state index in [1.54, 1.807) is 0 Å². The number of guanidine groups is 1. The lowest BCUT2D eigenvalue weighted by Gasteiger charge is -2.12. The third-order valence-electron chi connectivity index (χ3n) is 3.53. The molecule has 0 heterocycles. The van der Waals surface area contributed by atoms with Crippen LogP contribution in [0, 0.1) is 13.8 Å². The molecule has 0 spiro atoms. The SMILES string of the molecule is Cc1cccc(C)c1OCCN=C(N)Nc1ccc(OC(C)C)cc1.I. The van der Waals surface area contributed by atoms with Gasteiger partial charge in [0.1, 0.15) is 18.1 Å². The van der Waals surface area contributed by atoms with E-state index in [0.717, 1.165) is 28.3 Å². The maximum atomic E-state index is 5.92. The number of halogens is 1. The first-order chi connectivity index (χ1) is 12.0. The molecule has 2 aromatic rings. The fraction of sp³-hybridized carbons (Fsp3) is 0.350. The van der Waals surface area contributed by atoms with E-state index in [9.17, 15) is 0 Å². The lowest BCUT2D eigenvalue weighted by Crippen LogP contribution is -2.23. The van der Waals surface area contributed by atoms with Gasteiger partial charge in [-0.25, -0.2) is 4.99 Å². The number of benzene rings is 2. The van der Waals surface area contributed by atoms with Gasteiger partial charge >= 0.3 is 0 Å². The van der Waals surface area contributed by atoms with E-state index in [-0.39, 0.29) is 30.1 Å². The van der Waals surface area contributed by atoms with Crippen LogP contribution in [0.4, 0.5) is 5.69 Å². The van der Waals surface area contributed by atoms with E-state index in [1.807, 2.05) is 70.2 Å². The Hall–Kier alpha value is -1.96. The van der Waals surface area contributed by atoms with Gasteiger partial charge in [0.2, 0.25) is 0 Å². The van der Waals surface area contributed by atoms with Crippen LogP contribution in [0.15, 0.2) is 47.5 Å². The molecule has 0 aliphatic carbocycles. The first kappa shape index (κ1) is 22.1. The molecule has 0 aromatic heterocycles. The molecule has 2 rings (SSSR count). The number of rotatable bonds is 7. The summed E-state index contributed by atoms with van der Waals surface area (Å²) in [6.07, 6.45) is 0.155. The zero-order valence-electron chi connectivity index (χ0n) is 15.8. The Bertz CT molecular complexity index is 695. The summed E-state index contributed by atoms with van der Waals surface area (Å²) < 4.78 is 11.4. The van der Waals surface area contributed by atoms with Crippen LogP contribution in [0.25, 0.3) is 0 Å². The fourth-order valence-corrected chi connectivity index (χ4v) is 2.42. The van der Waals surface area contributed by atoms with Gasteiger partial charge in [-0.15, -0.1) is 24.0 Å². The number of hydrogen-bond acceptors (Lipinski definition) is 3. The Morgan fingerprint density at radius 2 is 1.69 bits per heavy atom. The molecule has 0 aliphatic heterocycles. The zero-order valence-corrected chi connectivity index (χ0v) is 18.1. The van der Waals surface area contributed by atoms with Crippen molar-refractivity contribution in [1.82, 2.24) is 0 Å². The maximum Gasteiger partial charge on any atom is 0.193 e. The van der Waals surface area contributed by atoms with Crippen LogP contribution in [0.2, 0.25) is 0 Å². The molecule has 0 atom stereocenters. The minimum absolute atomic E-state index is 0. The molecule has 0 aliphatic rings. The molecule has 0 amide bonds. The van der Waals surface area contributed by atoms with Crippen molar-refractivity contribution >= 4 is 35.6 Å². The van der Waals surface area contributed by atoms with Gasteiger partial charge in [-0.2, -0.15) is 0 Å². The second-order valence-corrected chi connectivity index (χ2v) is 6.15. The monoisotopic (exact) mass is 469 g/mol. The summed E-state index contributed by atoms with van der Waals surface area (Å²) in [5.74, 6) is 2.12. The predicted molar refractivity (Wildman–Crippen MR) is 119 cm³/mol. The quantitative estimate of drug-likeness (QED) is 0.271. The van der Waals surface area contributed by atoms with Crippen LogP contribution in [0.5, 0.6) is 11.5 Å². The van der Waals surface area contributed by atoms with E-state index in [0.29, 0.717) is 19.1 Å². The lowest BCUT2D eigenvalue weighted by atomic mass is 10.1. The van der Waals surface area contributed by atoms with Gasteiger partial charge in [0.15, 0.2) is 5.96 Å². The number of anilines is 1. The van der Waals surface area contributed by atoms with Crippen molar-refractivity contribution in [2.45, 2.75) is 33.8 Å². The Morgan fingerprint density at radius 3 is 2.27 bits per heavy atom. The standard InChI is InChI=1S/C20H27N3O2.HI/c1-14(2)25-18-10-8-17(9-11-18)23-20(21)22-12-13-24-19-15(3)6-5-7-16(19)4;/h5-11,14H,12-13H2,1-4H3,(H3,21,22,23);1H. The Labute approximate surface area is 173 Å². The molecule has 3 N–H and O–H groups in total. The van der Waals surface area contributed by atoms with Crippen molar-refractivity contribution in [2.75, 3.05) is 18.5 Å².